The summed E-state index contributed by atoms with van der Waals surface area (Å²) in [4.78, 5) is 10.6. The maximum absolute atomic E-state index is 10.6. The van der Waals surface area contributed by atoms with Gasteiger partial charge >= 0.3 is 5.37 Å². The van der Waals surface area contributed by atoms with Gasteiger partial charge in [0.15, 0.2) is 0 Å². The van der Waals surface area contributed by atoms with E-state index in [0.717, 1.165) is 17.7 Å². The van der Waals surface area contributed by atoms with Gasteiger partial charge in [-0.15, -0.1) is 0 Å². The van der Waals surface area contributed by atoms with Crippen LogP contribution in [0.4, 0.5) is 4.79 Å². The molecule has 0 aliphatic rings. The summed E-state index contributed by atoms with van der Waals surface area (Å²) in [5.41, 5.74) is 4.78. The molecule has 0 saturated heterocycles. The van der Waals surface area contributed by atoms with Crippen LogP contribution in [0.2, 0.25) is 0 Å². The first-order valence-electron chi connectivity index (χ1n) is 5.54. The van der Waals surface area contributed by atoms with Gasteiger partial charge in [-0.05, 0) is 67.1 Å². The first-order chi connectivity index (χ1) is 7.97. The van der Waals surface area contributed by atoms with Crippen LogP contribution in [0.1, 0.15) is 22.3 Å². The summed E-state index contributed by atoms with van der Waals surface area (Å²) in [6.07, 6.45) is 0.779. The van der Waals surface area contributed by atoms with E-state index in [1.807, 2.05) is 19.9 Å². The lowest BCUT2D eigenvalue weighted by atomic mass is 9.95. The number of hydrogen-bond donors (Lipinski definition) is 1. The number of aryl methyl sites for hydroxylation is 1. The summed E-state index contributed by atoms with van der Waals surface area (Å²) < 4.78 is 5.31. The number of halogens is 1. The Labute approximate surface area is 107 Å². The summed E-state index contributed by atoms with van der Waals surface area (Å²) in [6, 6.07) is 2.03. The van der Waals surface area contributed by atoms with Crippen LogP contribution >= 0.6 is 11.6 Å². The van der Waals surface area contributed by atoms with Crippen molar-refractivity contribution in [2.24, 2.45) is 0 Å². The number of benzene rings is 1. The van der Waals surface area contributed by atoms with Gasteiger partial charge in [0, 0.05) is 6.54 Å². The van der Waals surface area contributed by atoms with E-state index in [1.54, 1.807) is 7.11 Å². The van der Waals surface area contributed by atoms with Crippen LogP contribution in [0, 0.1) is 20.8 Å². The Kier molecular flexibility index (Phi) is 4.82. The standard InChI is InChI=1S/C13H18ClNO2/c1-8-7-12(17-4)10(3)9(2)11(8)5-6-15-13(14)16/h7H,5-6H2,1-4H3,(H,15,16). The minimum Gasteiger partial charge on any atom is -0.496 e. The van der Waals surface area contributed by atoms with E-state index in [2.05, 4.69) is 12.2 Å². The summed E-state index contributed by atoms with van der Waals surface area (Å²) in [7, 11) is 1.68. The van der Waals surface area contributed by atoms with Crippen LogP contribution < -0.4 is 10.1 Å². The van der Waals surface area contributed by atoms with Crippen molar-refractivity contribution >= 4 is 17.0 Å². The molecule has 1 rings (SSSR count). The van der Waals surface area contributed by atoms with Crippen molar-refractivity contribution in [3.05, 3.63) is 28.3 Å². The molecule has 94 valence electrons. The highest BCUT2D eigenvalue weighted by atomic mass is 35.5. The molecular weight excluding hydrogens is 238 g/mol. The Bertz CT molecular complexity index is 430. The highest BCUT2D eigenvalue weighted by molar-refractivity contribution is 6.62. The Morgan fingerprint density at radius 1 is 1.35 bits per heavy atom. The maximum atomic E-state index is 10.6. The van der Waals surface area contributed by atoms with Gasteiger partial charge in [-0.3, -0.25) is 4.79 Å². The summed E-state index contributed by atoms with van der Waals surface area (Å²) in [6.45, 7) is 6.71. The van der Waals surface area contributed by atoms with Crippen molar-refractivity contribution in [3.8, 4) is 5.75 Å². The van der Waals surface area contributed by atoms with Crippen molar-refractivity contribution in [2.45, 2.75) is 27.2 Å². The number of carbonyl (C=O) groups excluding carboxylic acids is 1. The molecule has 0 heterocycles. The molecule has 1 amide bonds. The van der Waals surface area contributed by atoms with Crippen LogP contribution in [0.15, 0.2) is 6.07 Å². The monoisotopic (exact) mass is 255 g/mol. The first kappa shape index (κ1) is 13.8. The number of hydrogen-bond acceptors (Lipinski definition) is 2. The Morgan fingerprint density at radius 2 is 2.00 bits per heavy atom. The van der Waals surface area contributed by atoms with E-state index < -0.39 is 5.37 Å². The third-order valence-corrected chi connectivity index (χ3v) is 3.20. The van der Waals surface area contributed by atoms with Gasteiger partial charge < -0.3 is 10.1 Å². The summed E-state index contributed by atoms with van der Waals surface area (Å²) >= 11 is 5.23. The van der Waals surface area contributed by atoms with Crippen molar-refractivity contribution in [1.82, 2.24) is 5.32 Å². The summed E-state index contributed by atoms with van der Waals surface area (Å²) in [5.74, 6) is 0.908. The second-order valence-corrected chi connectivity index (χ2v) is 4.42. The quantitative estimate of drug-likeness (QED) is 0.663. The Hall–Kier alpha value is -1.22. The fourth-order valence-electron chi connectivity index (χ4n) is 1.98. The molecule has 4 heteroatoms. The second kappa shape index (κ2) is 5.92. The van der Waals surface area contributed by atoms with Crippen molar-refractivity contribution in [1.29, 1.82) is 0 Å². The van der Waals surface area contributed by atoms with E-state index in [9.17, 15) is 4.79 Å². The minimum absolute atomic E-state index is 0.509. The highest BCUT2D eigenvalue weighted by Crippen LogP contribution is 2.27. The lowest BCUT2D eigenvalue weighted by Crippen LogP contribution is -2.20. The van der Waals surface area contributed by atoms with E-state index >= 15 is 0 Å². The van der Waals surface area contributed by atoms with Gasteiger partial charge in [-0.2, -0.15) is 0 Å². The number of methoxy groups -OCH3 is 1. The minimum atomic E-state index is -0.509. The van der Waals surface area contributed by atoms with Crippen LogP contribution in [-0.2, 0) is 6.42 Å². The fourth-order valence-corrected chi connectivity index (χ4v) is 2.08. The van der Waals surface area contributed by atoms with E-state index in [4.69, 9.17) is 16.3 Å². The third-order valence-electron chi connectivity index (χ3n) is 3.07. The molecule has 1 aromatic carbocycles. The molecule has 0 atom stereocenters. The van der Waals surface area contributed by atoms with Gasteiger partial charge in [0.1, 0.15) is 5.75 Å². The molecule has 1 N–H and O–H groups in total. The molecule has 0 bridgehead atoms. The van der Waals surface area contributed by atoms with Gasteiger partial charge in [0.05, 0.1) is 7.11 Å². The van der Waals surface area contributed by atoms with Crippen LogP contribution in [0.3, 0.4) is 0 Å². The number of carbonyl (C=O) groups is 1. The fraction of sp³-hybridized carbons (Fsp3) is 0.462. The molecule has 0 unspecified atom stereocenters. The molecule has 3 nitrogen and oxygen atoms in total. The largest absolute Gasteiger partial charge is 0.496 e. The topological polar surface area (TPSA) is 38.3 Å². The van der Waals surface area contributed by atoms with Crippen LogP contribution in [-0.4, -0.2) is 19.0 Å². The SMILES string of the molecule is COc1cc(C)c(CCNC(=O)Cl)c(C)c1C. The van der Waals surface area contributed by atoms with Gasteiger partial charge in [0.2, 0.25) is 0 Å². The zero-order chi connectivity index (χ0) is 13.0. The lowest BCUT2D eigenvalue weighted by molar-refractivity contribution is 0.260. The Morgan fingerprint density at radius 3 is 2.53 bits per heavy atom. The second-order valence-electron chi connectivity index (χ2n) is 4.07. The third kappa shape index (κ3) is 3.37. The molecule has 1 aromatic rings. The van der Waals surface area contributed by atoms with Gasteiger partial charge in [-0.1, -0.05) is 0 Å². The molecule has 0 spiro atoms. The van der Waals surface area contributed by atoms with E-state index in [-0.39, 0.29) is 0 Å². The van der Waals surface area contributed by atoms with Crippen molar-refractivity contribution in [2.75, 3.05) is 13.7 Å². The van der Waals surface area contributed by atoms with Gasteiger partial charge in [-0.25, -0.2) is 0 Å². The molecule has 0 saturated carbocycles. The molecule has 0 fully saturated rings. The van der Waals surface area contributed by atoms with Crippen LogP contribution in [0.5, 0.6) is 5.75 Å². The molecule has 0 radical (unpaired) electrons. The van der Waals surface area contributed by atoms with Gasteiger partial charge in [0.25, 0.3) is 0 Å². The predicted molar refractivity (Wildman–Crippen MR) is 70.2 cm³/mol. The molecule has 0 aromatic heterocycles. The summed E-state index contributed by atoms with van der Waals surface area (Å²) in [5, 5.41) is 2.08. The molecule has 0 aliphatic heterocycles. The number of nitrogens with one attached hydrogen (secondary N) is 1. The molecule has 0 aliphatic carbocycles. The van der Waals surface area contributed by atoms with E-state index in [1.165, 1.54) is 16.7 Å². The van der Waals surface area contributed by atoms with Crippen LogP contribution in [0.25, 0.3) is 0 Å². The maximum Gasteiger partial charge on any atom is 0.313 e. The lowest BCUT2D eigenvalue weighted by Gasteiger charge is -2.16. The number of ether oxygens (including phenoxy) is 1. The molecule has 17 heavy (non-hydrogen) atoms. The highest BCUT2D eigenvalue weighted by Gasteiger charge is 2.10. The zero-order valence-electron chi connectivity index (χ0n) is 10.7. The first-order valence-corrected chi connectivity index (χ1v) is 5.92. The Balaban J connectivity index is 2.92. The normalized spacial score (nSPS) is 10.2. The van der Waals surface area contributed by atoms with Crippen molar-refractivity contribution < 1.29 is 9.53 Å². The van der Waals surface area contributed by atoms with E-state index in [0.29, 0.717) is 6.54 Å². The average molecular weight is 256 g/mol. The number of amides is 1. The van der Waals surface area contributed by atoms with Crippen molar-refractivity contribution in [3.63, 3.8) is 0 Å². The smallest absolute Gasteiger partial charge is 0.313 e. The number of rotatable bonds is 4. The zero-order valence-corrected chi connectivity index (χ0v) is 11.4. The molecular formula is C13H18ClNO2. The predicted octanol–water partition coefficient (Wildman–Crippen LogP) is 3.11. The average Bonchev–Trinajstić information content (AvgIpc) is 2.27.